The SMILES string of the molecule is CCO.CCOS(=O)(=O)OCC. The minimum absolute atomic E-state index is 0.113. The van der Waals surface area contributed by atoms with E-state index in [4.69, 9.17) is 5.11 Å². The molecular formula is C6H16O5S. The van der Waals surface area contributed by atoms with Gasteiger partial charge in [-0.15, -0.1) is 0 Å². The average molecular weight is 200 g/mol. The summed E-state index contributed by atoms with van der Waals surface area (Å²) < 4.78 is 29.2. The lowest BCUT2D eigenvalue weighted by Crippen LogP contribution is -2.09. The highest BCUT2D eigenvalue weighted by Gasteiger charge is 2.06. The van der Waals surface area contributed by atoms with Crippen molar-refractivity contribution in [3.05, 3.63) is 0 Å². The molecule has 0 fully saturated rings. The molecule has 0 spiro atoms. The summed E-state index contributed by atoms with van der Waals surface area (Å²) in [7, 11) is -3.68. The van der Waals surface area contributed by atoms with Crippen LogP contribution in [0.5, 0.6) is 0 Å². The molecule has 0 amide bonds. The van der Waals surface area contributed by atoms with Crippen molar-refractivity contribution in [3.63, 3.8) is 0 Å². The van der Waals surface area contributed by atoms with Crippen LogP contribution in [0, 0.1) is 0 Å². The number of rotatable bonds is 4. The second-order valence-electron chi connectivity index (χ2n) is 1.54. The maximum absolute atomic E-state index is 10.4. The first-order valence-electron chi connectivity index (χ1n) is 3.68. The molecule has 0 saturated heterocycles. The molecule has 0 aromatic heterocycles. The van der Waals surface area contributed by atoms with E-state index in [1.807, 2.05) is 0 Å². The normalized spacial score (nSPS) is 10.3. The Bertz CT molecular complexity index is 151. The molecule has 0 heterocycles. The highest BCUT2D eigenvalue weighted by Crippen LogP contribution is 1.93. The van der Waals surface area contributed by atoms with E-state index in [-0.39, 0.29) is 19.8 Å². The second kappa shape index (κ2) is 8.92. The molecule has 5 nitrogen and oxygen atoms in total. The van der Waals surface area contributed by atoms with Crippen molar-refractivity contribution in [2.75, 3.05) is 19.8 Å². The summed E-state index contributed by atoms with van der Waals surface area (Å²) >= 11 is 0. The van der Waals surface area contributed by atoms with Gasteiger partial charge in [-0.25, -0.2) is 8.37 Å². The highest BCUT2D eigenvalue weighted by molar-refractivity contribution is 7.81. The predicted octanol–water partition coefficient (Wildman–Crippen LogP) is 0.303. The molecule has 0 rings (SSSR count). The molecule has 0 aliphatic carbocycles. The minimum atomic E-state index is -3.68. The summed E-state index contributed by atoms with van der Waals surface area (Å²) in [5, 5.41) is 7.57. The Hall–Kier alpha value is -0.170. The molecule has 76 valence electrons. The molecule has 0 atom stereocenters. The lowest BCUT2D eigenvalue weighted by Gasteiger charge is -1.99. The van der Waals surface area contributed by atoms with E-state index in [9.17, 15) is 8.42 Å². The van der Waals surface area contributed by atoms with Crippen LogP contribution in [-0.2, 0) is 18.8 Å². The fraction of sp³-hybridized carbons (Fsp3) is 1.00. The van der Waals surface area contributed by atoms with Gasteiger partial charge in [0.1, 0.15) is 0 Å². The van der Waals surface area contributed by atoms with Crippen molar-refractivity contribution in [1.29, 1.82) is 0 Å². The number of aliphatic hydroxyl groups is 1. The van der Waals surface area contributed by atoms with Gasteiger partial charge in [-0.3, -0.25) is 0 Å². The van der Waals surface area contributed by atoms with Crippen LogP contribution < -0.4 is 0 Å². The summed E-state index contributed by atoms with van der Waals surface area (Å²) in [4.78, 5) is 0. The molecule has 1 N–H and O–H groups in total. The van der Waals surface area contributed by atoms with Crippen LogP contribution in [0.15, 0.2) is 0 Å². The van der Waals surface area contributed by atoms with E-state index in [1.54, 1.807) is 20.8 Å². The first kappa shape index (κ1) is 14.4. The zero-order valence-electron chi connectivity index (χ0n) is 7.61. The molecule has 0 radical (unpaired) electrons. The van der Waals surface area contributed by atoms with Gasteiger partial charge in [-0.1, -0.05) is 0 Å². The molecule has 0 bridgehead atoms. The van der Waals surface area contributed by atoms with Gasteiger partial charge in [0.25, 0.3) is 0 Å². The van der Waals surface area contributed by atoms with Crippen LogP contribution in [0.2, 0.25) is 0 Å². The van der Waals surface area contributed by atoms with Crippen molar-refractivity contribution in [2.24, 2.45) is 0 Å². The maximum Gasteiger partial charge on any atom is 0.399 e. The number of hydrogen-bond donors (Lipinski definition) is 1. The maximum atomic E-state index is 10.4. The van der Waals surface area contributed by atoms with Crippen LogP contribution in [0.4, 0.5) is 0 Å². The van der Waals surface area contributed by atoms with E-state index in [2.05, 4.69) is 8.37 Å². The first-order valence-corrected chi connectivity index (χ1v) is 5.01. The summed E-state index contributed by atoms with van der Waals surface area (Å²) in [6, 6.07) is 0. The fourth-order valence-corrected chi connectivity index (χ4v) is 0.968. The summed E-state index contributed by atoms with van der Waals surface area (Å²) in [6.45, 7) is 5.32. The third kappa shape index (κ3) is 12.5. The van der Waals surface area contributed by atoms with Gasteiger partial charge < -0.3 is 5.11 Å². The van der Waals surface area contributed by atoms with Crippen molar-refractivity contribution in [3.8, 4) is 0 Å². The predicted molar refractivity (Wildman–Crippen MR) is 44.9 cm³/mol. The van der Waals surface area contributed by atoms with Crippen LogP contribution in [0.25, 0.3) is 0 Å². The Labute approximate surface area is 73.6 Å². The molecule has 0 aliphatic rings. The summed E-state index contributed by atoms with van der Waals surface area (Å²) in [6.07, 6.45) is 0. The Morgan fingerprint density at radius 1 is 1.08 bits per heavy atom. The summed E-state index contributed by atoms with van der Waals surface area (Å²) in [5.41, 5.74) is 0. The minimum Gasteiger partial charge on any atom is -0.397 e. The van der Waals surface area contributed by atoms with Gasteiger partial charge >= 0.3 is 10.4 Å². The molecule has 0 aromatic carbocycles. The van der Waals surface area contributed by atoms with Gasteiger partial charge in [0.05, 0.1) is 13.2 Å². The van der Waals surface area contributed by atoms with Crippen molar-refractivity contribution in [1.82, 2.24) is 0 Å². The zero-order valence-corrected chi connectivity index (χ0v) is 8.43. The quantitative estimate of drug-likeness (QED) is 0.706. The molecular weight excluding hydrogens is 184 g/mol. The van der Waals surface area contributed by atoms with Crippen molar-refractivity contribution in [2.45, 2.75) is 20.8 Å². The van der Waals surface area contributed by atoms with E-state index >= 15 is 0 Å². The second-order valence-corrected chi connectivity index (χ2v) is 2.83. The molecule has 0 unspecified atom stereocenters. The van der Waals surface area contributed by atoms with E-state index in [0.29, 0.717) is 0 Å². The summed E-state index contributed by atoms with van der Waals surface area (Å²) in [5.74, 6) is 0. The lowest BCUT2D eigenvalue weighted by atomic mass is 10.9. The monoisotopic (exact) mass is 200 g/mol. The lowest BCUT2D eigenvalue weighted by molar-refractivity contribution is 0.231. The topological polar surface area (TPSA) is 72.8 Å². The van der Waals surface area contributed by atoms with E-state index in [0.717, 1.165) is 0 Å². The van der Waals surface area contributed by atoms with Gasteiger partial charge in [-0.05, 0) is 20.8 Å². The van der Waals surface area contributed by atoms with Crippen LogP contribution >= 0.6 is 0 Å². The fourth-order valence-electron chi connectivity index (χ4n) is 0.323. The molecule has 0 aromatic rings. The Morgan fingerprint density at radius 3 is 1.50 bits per heavy atom. The Kier molecular flexibility index (Phi) is 10.7. The van der Waals surface area contributed by atoms with Gasteiger partial charge in [0.2, 0.25) is 0 Å². The standard InChI is InChI=1S/C4H10O4S.C2H6O/c1-3-7-9(5,6)8-4-2;1-2-3/h3-4H2,1-2H3;3H,2H2,1H3. The molecule has 12 heavy (non-hydrogen) atoms. The number of hydrogen-bond acceptors (Lipinski definition) is 5. The largest absolute Gasteiger partial charge is 0.399 e. The van der Waals surface area contributed by atoms with E-state index < -0.39 is 10.4 Å². The molecule has 0 aliphatic heterocycles. The van der Waals surface area contributed by atoms with Crippen LogP contribution in [0.3, 0.4) is 0 Å². The Morgan fingerprint density at radius 2 is 1.33 bits per heavy atom. The zero-order chi connectivity index (χ0) is 10.0. The van der Waals surface area contributed by atoms with Gasteiger partial charge in [0.15, 0.2) is 0 Å². The smallest absolute Gasteiger partial charge is 0.397 e. The van der Waals surface area contributed by atoms with E-state index in [1.165, 1.54) is 0 Å². The third-order valence-electron chi connectivity index (χ3n) is 0.524. The number of aliphatic hydroxyl groups excluding tert-OH is 1. The van der Waals surface area contributed by atoms with Crippen LogP contribution in [0.1, 0.15) is 20.8 Å². The van der Waals surface area contributed by atoms with Crippen LogP contribution in [-0.4, -0.2) is 33.3 Å². The third-order valence-corrected chi connectivity index (χ3v) is 1.57. The van der Waals surface area contributed by atoms with Gasteiger partial charge in [0, 0.05) is 6.61 Å². The average Bonchev–Trinajstić information content (AvgIpc) is 1.88. The van der Waals surface area contributed by atoms with Gasteiger partial charge in [-0.2, -0.15) is 8.42 Å². The van der Waals surface area contributed by atoms with Crippen molar-refractivity contribution < 1.29 is 21.9 Å². The molecule has 0 saturated carbocycles. The Balaban J connectivity index is 0. The van der Waals surface area contributed by atoms with Crippen molar-refractivity contribution >= 4 is 10.4 Å². The molecule has 6 heteroatoms. The highest BCUT2D eigenvalue weighted by atomic mass is 32.3. The first-order chi connectivity index (χ1) is 5.54.